The second-order valence-corrected chi connectivity index (χ2v) is 8.37. The van der Waals surface area contributed by atoms with E-state index in [4.69, 9.17) is 9.47 Å². The number of carbonyl (C=O) groups is 2. The normalized spacial score (nSPS) is 11.8. The van der Waals surface area contributed by atoms with Gasteiger partial charge in [-0.1, -0.05) is 133 Å². The van der Waals surface area contributed by atoms with Crippen molar-refractivity contribution in [1.82, 2.24) is 0 Å². The fourth-order valence-corrected chi connectivity index (χ4v) is 3.90. The third kappa shape index (κ3) is 7.03. The molecule has 0 heterocycles. The third-order valence-electron chi connectivity index (χ3n) is 5.79. The summed E-state index contributed by atoms with van der Waals surface area (Å²) < 4.78 is 11.3. The smallest absolute Gasteiger partial charge is 0.321 e. The first-order valence-electron chi connectivity index (χ1n) is 11.9. The average molecular weight is 477 g/mol. The molecule has 0 bridgehead atoms. The monoisotopic (exact) mass is 476 g/mol. The number of esters is 2. The zero-order valence-corrected chi connectivity index (χ0v) is 19.9. The van der Waals surface area contributed by atoms with Crippen molar-refractivity contribution in [2.45, 2.75) is 19.1 Å². The fourth-order valence-electron chi connectivity index (χ4n) is 3.90. The number of hydrogen-bond acceptors (Lipinski definition) is 4. The highest BCUT2D eigenvalue weighted by Gasteiger charge is 2.37. The molecule has 4 aromatic carbocycles. The molecule has 0 N–H and O–H groups in total. The highest BCUT2D eigenvalue weighted by atomic mass is 16.6. The summed E-state index contributed by atoms with van der Waals surface area (Å²) in [4.78, 5) is 26.9. The summed E-state index contributed by atoms with van der Waals surface area (Å²) in [5.41, 5.74) is 3.48. The summed E-state index contributed by atoms with van der Waals surface area (Å²) in [5, 5.41) is 0. The molecular formula is C32H28O4. The second-order valence-electron chi connectivity index (χ2n) is 8.37. The van der Waals surface area contributed by atoms with Crippen LogP contribution in [-0.2, 0) is 32.3 Å². The van der Waals surface area contributed by atoms with Crippen LogP contribution in [0.2, 0.25) is 0 Å². The summed E-state index contributed by atoms with van der Waals surface area (Å²) in [6.45, 7) is 0.151. The van der Waals surface area contributed by atoms with Gasteiger partial charge in [0.15, 0.2) is 5.92 Å². The van der Waals surface area contributed by atoms with Crippen LogP contribution in [0.15, 0.2) is 127 Å². The van der Waals surface area contributed by atoms with Crippen molar-refractivity contribution in [3.8, 4) is 0 Å². The lowest BCUT2D eigenvalue weighted by atomic mass is 9.85. The van der Waals surface area contributed by atoms with Gasteiger partial charge in [0, 0.05) is 5.92 Å². The van der Waals surface area contributed by atoms with Gasteiger partial charge in [0.2, 0.25) is 0 Å². The maximum absolute atomic E-state index is 13.4. The van der Waals surface area contributed by atoms with Crippen LogP contribution >= 0.6 is 0 Å². The Labute approximate surface area is 211 Å². The van der Waals surface area contributed by atoms with Crippen molar-refractivity contribution in [3.05, 3.63) is 150 Å². The van der Waals surface area contributed by atoms with E-state index >= 15 is 0 Å². The maximum atomic E-state index is 13.4. The summed E-state index contributed by atoms with van der Waals surface area (Å²) in [6.07, 6.45) is 3.79. The molecule has 4 rings (SSSR count). The summed E-state index contributed by atoms with van der Waals surface area (Å²) in [5.74, 6) is -2.98. The molecule has 36 heavy (non-hydrogen) atoms. The Balaban J connectivity index is 1.63. The van der Waals surface area contributed by atoms with E-state index in [1.165, 1.54) is 0 Å². The zero-order chi connectivity index (χ0) is 25.0. The lowest BCUT2D eigenvalue weighted by Crippen LogP contribution is -2.32. The molecule has 0 aliphatic rings. The quantitative estimate of drug-likeness (QED) is 0.191. The van der Waals surface area contributed by atoms with Crippen LogP contribution in [-0.4, -0.2) is 11.9 Å². The topological polar surface area (TPSA) is 52.6 Å². The standard InChI is InChI=1S/C32H28O4/c33-31(35-23-26-15-7-2-8-16-26)30(32(34)36-24-27-17-9-3-10-18-27)29(28-19-11-4-12-20-28)22-21-25-13-5-1-6-14-25/h1-22,29-30H,23-24H2/b22-21+/t29-/m1/s1. The SMILES string of the molecule is O=C(OCc1ccccc1)C(C(=O)OCc1ccccc1)[C@H](/C=C/c1ccccc1)c1ccccc1. The first-order valence-corrected chi connectivity index (χ1v) is 11.9. The van der Waals surface area contributed by atoms with E-state index in [0.717, 1.165) is 22.3 Å². The average Bonchev–Trinajstić information content (AvgIpc) is 2.95. The van der Waals surface area contributed by atoms with Gasteiger partial charge in [-0.2, -0.15) is 0 Å². The van der Waals surface area contributed by atoms with Crippen LogP contribution in [0.5, 0.6) is 0 Å². The molecule has 1 atom stereocenters. The van der Waals surface area contributed by atoms with Gasteiger partial charge in [-0.3, -0.25) is 9.59 Å². The van der Waals surface area contributed by atoms with Gasteiger partial charge < -0.3 is 9.47 Å². The van der Waals surface area contributed by atoms with Gasteiger partial charge in [0.05, 0.1) is 0 Å². The van der Waals surface area contributed by atoms with Crippen molar-refractivity contribution in [2.24, 2.45) is 5.92 Å². The number of allylic oxidation sites excluding steroid dienone is 1. The molecule has 0 amide bonds. The molecule has 0 radical (unpaired) electrons. The molecule has 0 saturated carbocycles. The van der Waals surface area contributed by atoms with Crippen LogP contribution in [0.1, 0.15) is 28.2 Å². The summed E-state index contributed by atoms with van der Waals surface area (Å²) in [6, 6.07) is 38.1. The van der Waals surface area contributed by atoms with Crippen molar-refractivity contribution >= 4 is 18.0 Å². The summed E-state index contributed by atoms with van der Waals surface area (Å²) in [7, 11) is 0. The Morgan fingerprint density at radius 1 is 0.583 bits per heavy atom. The lowest BCUT2D eigenvalue weighted by molar-refractivity contribution is -0.164. The van der Waals surface area contributed by atoms with E-state index in [1.807, 2.05) is 133 Å². The van der Waals surface area contributed by atoms with Crippen LogP contribution < -0.4 is 0 Å². The first-order chi connectivity index (χ1) is 17.7. The highest BCUT2D eigenvalue weighted by Crippen LogP contribution is 2.30. The van der Waals surface area contributed by atoms with Gasteiger partial charge in [-0.25, -0.2) is 0 Å². The van der Waals surface area contributed by atoms with E-state index < -0.39 is 23.8 Å². The maximum Gasteiger partial charge on any atom is 0.321 e. The lowest BCUT2D eigenvalue weighted by Gasteiger charge is -2.23. The van der Waals surface area contributed by atoms with E-state index in [1.54, 1.807) is 0 Å². The molecule has 0 unspecified atom stereocenters. The number of benzene rings is 4. The first kappa shape index (κ1) is 24.7. The number of ether oxygens (including phenoxy) is 2. The van der Waals surface area contributed by atoms with E-state index in [2.05, 4.69) is 0 Å². The molecule has 0 fully saturated rings. The Morgan fingerprint density at radius 2 is 1.00 bits per heavy atom. The largest absolute Gasteiger partial charge is 0.460 e. The minimum Gasteiger partial charge on any atom is -0.460 e. The summed E-state index contributed by atoms with van der Waals surface area (Å²) >= 11 is 0. The molecule has 0 aliphatic carbocycles. The minimum atomic E-state index is -1.17. The Bertz CT molecular complexity index is 1200. The van der Waals surface area contributed by atoms with Gasteiger partial charge in [-0.05, 0) is 22.3 Å². The van der Waals surface area contributed by atoms with E-state index in [0.29, 0.717) is 0 Å². The molecule has 4 heteroatoms. The fraction of sp³-hybridized carbons (Fsp3) is 0.125. The predicted octanol–water partition coefficient (Wildman–Crippen LogP) is 6.59. The van der Waals surface area contributed by atoms with Crippen molar-refractivity contribution in [2.75, 3.05) is 0 Å². The van der Waals surface area contributed by atoms with E-state index in [-0.39, 0.29) is 13.2 Å². The Morgan fingerprint density at radius 3 is 1.47 bits per heavy atom. The minimum absolute atomic E-state index is 0.0754. The number of rotatable bonds is 10. The van der Waals surface area contributed by atoms with Crippen LogP contribution in [0.25, 0.3) is 6.08 Å². The van der Waals surface area contributed by atoms with Gasteiger partial charge in [0.1, 0.15) is 13.2 Å². The molecule has 4 aromatic rings. The molecule has 4 nitrogen and oxygen atoms in total. The Kier molecular flexibility index (Phi) is 8.82. The predicted molar refractivity (Wildman–Crippen MR) is 141 cm³/mol. The van der Waals surface area contributed by atoms with Gasteiger partial charge >= 0.3 is 11.9 Å². The number of carbonyl (C=O) groups excluding carboxylic acids is 2. The van der Waals surface area contributed by atoms with Crippen molar-refractivity contribution in [3.63, 3.8) is 0 Å². The second kappa shape index (κ2) is 12.9. The molecular weight excluding hydrogens is 448 g/mol. The molecule has 180 valence electrons. The molecule has 0 aromatic heterocycles. The van der Waals surface area contributed by atoms with Crippen LogP contribution in [0.3, 0.4) is 0 Å². The van der Waals surface area contributed by atoms with Crippen LogP contribution in [0.4, 0.5) is 0 Å². The van der Waals surface area contributed by atoms with Crippen molar-refractivity contribution < 1.29 is 19.1 Å². The number of hydrogen-bond donors (Lipinski definition) is 0. The van der Waals surface area contributed by atoms with Crippen LogP contribution in [0, 0.1) is 5.92 Å². The molecule has 0 saturated heterocycles. The van der Waals surface area contributed by atoms with Crippen molar-refractivity contribution in [1.29, 1.82) is 0 Å². The van der Waals surface area contributed by atoms with Gasteiger partial charge in [-0.15, -0.1) is 0 Å². The van der Waals surface area contributed by atoms with E-state index in [9.17, 15) is 9.59 Å². The third-order valence-corrected chi connectivity index (χ3v) is 5.79. The Hall–Kier alpha value is -4.44. The molecule has 0 spiro atoms. The molecule has 0 aliphatic heterocycles. The van der Waals surface area contributed by atoms with Gasteiger partial charge in [0.25, 0.3) is 0 Å². The zero-order valence-electron chi connectivity index (χ0n) is 19.9. The highest BCUT2D eigenvalue weighted by molar-refractivity contribution is 5.96.